The maximum atomic E-state index is 13.3. The summed E-state index contributed by atoms with van der Waals surface area (Å²) >= 11 is 0. The van der Waals surface area contributed by atoms with Crippen molar-refractivity contribution in [1.82, 2.24) is 14.7 Å². The summed E-state index contributed by atoms with van der Waals surface area (Å²) in [6.07, 6.45) is 0.783. The summed E-state index contributed by atoms with van der Waals surface area (Å²) in [5.74, 6) is 1.38. The van der Waals surface area contributed by atoms with Crippen LogP contribution in [0.4, 0.5) is 16.3 Å². The van der Waals surface area contributed by atoms with Gasteiger partial charge in [0.15, 0.2) is 0 Å². The molecule has 0 aliphatic rings. The number of hydrogen-bond acceptors (Lipinski definition) is 4. The standard InChI is InChI=1S/C30H41N5O3/c1-20(2)15-16-34(29(37)31-25-14-9-21(3)17-22(25)4)19-28(36)32-27-18-26(30(5,6)7)33-35(27)23-10-12-24(38-8)13-11-23/h9-14,17-18,20H,15-16,19H2,1-8H3,(H,31,37)(H,32,36). The van der Waals surface area contributed by atoms with Crippen LogP contribution < -0.4 is 15.4 Å². The molecular weight excluding hydrogens is 478 g/mol. The molecule has 38 heavy (non-hydrogen) atoms. The number of benzene rings is 2. The van der Waals surface area contributed by atoms with E-state index in [1.165, 1.54) is 0 Å². The van der Waals surface area contributed by atoms with Crippen LogP contribution in [-0.4, -0.2) is 46.8 Å². The Kier molecular flexibility index (Phi) is 9.20. The van der Waals surface area contributed by atoms with Crippen molar-refractivity contribution in [2.24, 2.45) is 5.92 Å². The minimum Gasteiger partial charge on any atom is -0.497 e. The van der Waals surface area contributed by atoms with Gasteiger partial charge in [-0.2, -0.15) is 5.10 Å². The number of aromatic nitrogens is 2. The third-order valence-electron chi connectivity index (χ3n) is 6.28. The molecule has 0 radical (unpaired) electrons. The van der Waals surface area contributed by atoms with Crippen molar-refractivity contribution in [1.29, 1.82) is 0 Å². The lowest BCUT2D eigenvalue weighted by molar-refractivity contribution is -0.116. The van der Waals surface area contributed by atoms with Gasteiger partial charge in [-0.3, -0.25) is 4.79 Å². The molecule has 0 aliphatic heterocycles. The van der Waals surface area contributed by atoms with Gasteiger partial charge < -0.3 is 20.3 Å². The van der Waals surface area contributed by atoms with Crippen molar-refractivity contribution in [3.63, 3.8) is 0 Å². The molecule has 8 heteroatoms. The molecule has 0 spiro atoms. The number of amides is 3. The van der Waals surface area contributed by atoms with E-state index in [9.17, 15) is 9.59 Å². The minimum atomic E-state index is -0.299. The molecule has 0 atom stereocenters. The monoisotopic (exact) mass is 519 g/mol. The van der Waals surface area contributed by atoms with E-state index in [1.54, 1.807) is 16.7 Å². The molecule has 1 aromatic heterocycles. The van der Waals surface area contributed by atoms with Crippen molar-refractivity contribution >= 4 is 23.4 Å². The molecule has 8 nitrogen and oxygen atoms in total. The van der Waals surface area contributed by atoms with Crippen LogP contribution in [0, 0.1) is 19.8 Å². The summed E-state index contributed by atoms with van der Waals surface area (Å²) in [5.41, 5.74) is 4.26. The lowest BCUT2D eigenvalue weighted by atomic mass is 9.92. The van der Waals surface area contributed by atoms with Gasteiger partial charge in [0.2, 0.25) is 5.91 Å². The van der Waals surface area contributed by atoms with E-state index in [1.807, 2.05) is 62.4 Å². The molecule has 0 aliphatic carbocycles. The Balaban J connectivity index is 1.83. The Morgan fingerprint density at radius 1 is 1.03 bits per heavy atom. The van der Waals surface area contributed by atoms with Gasteiger partial charge in [-0.05, 0) is 62.1 Å². The first-order valence-electron chi connectivity index (χ1n) is 13.1. The molecule has 3 amide bonds. The van der Waals surface area contributed by atoms with Gasteiger partial charge in [0.05, 0.1) is 18.5 Å². The molecule has 3 rings (SSSR count). The first kappa shape index (κ1) is 28.8. The molecule has 204 valence electrons. The number of anilines is 2. The van der Waals surface area contributed by atoms with Crippen molar-refractivity contribution in [3.8, 4) is 11.4 Å². The minimum absolute atomic E-state index is 0.0812. The van der Waals surface area contributed by atoms with Crippen LogP contribution in [-0.2, 0) is 10.2 Å². The molecule has 2 N–H and O–H groups in total. The third kappa shape index (κ3) is 7.60. The maximum absolute atomic E-state index is 13.3. The van der Waals surface area contributed by atoms with E-state index < -0.39 is 0 Å². The molecule has 0 unspecified atom stereocenters. The predicted molar refractivity (Wildman–Crippen MR) is 153 cm³/mol. The molecule has 0 bridgehead atoms. The number of carbonyl (C=O) groups excluding carboxylic acids is 2. The number of rotatable bonds is 9. The number of carbonyl (C=O) groups is 2. The first-order chi connectivity index (χ1) is 17.9. The summed E-state index contributed by atoms with van der Waals surface area (Å²) < 4.78 is 6.99. The lowest BCUT2D eigenvalue weighted by Gasteiger charge is -2.24. The Labute approximate surface area is 226 Å². The number of nitrogens with one attached hydrogen (secondary N) is 2. The van der Waals surface area contributed by atoms with Crippen LogP contribution in [0.2, 0.25) is 0 Å². The van der Waals surface area contributed by atoms with E-state index in [0.29, 0.717) is 18.3 Å². The number of aryl methyl sites for hydroxylation is 2. The van der Waals surface area contributed by atoms with Crippen LogP contribution in [0.1, 0.15) is 57.9 Å². The average molecular weight is 520 g/mol. The number of urea groups is 1. The molecule has 0 fully saturated rings. The smallest absolute Gasteiger partial charge is 0.322 e. The highest BCUT2D eigenvalue weighted by atomic mass is 16.5. The second kappa shape index (κ2) is 12.2. The van der Waals surface area contributed by atoms with Gasteiger partial charge in [0, 0.05) is 23.7 Å². The van der Waals surface area contributed by atoms with Gasteiger partial charge >= 0.3 is 6.03 Å². The van der Waals surface area contributed by atoms with Crippen LogP contribution in [0.5, 0.6) is 5.75 Å². The van der Waals surface area contributed by atoms with E-state index in [0.717, 1.165) is 40.4 Å². The summed E-state index contributed by atoms with van der Waals surface area (Å²) in [6, 6.07) is 14.9. The van der Waals surface area contributed by atoms with Crippen LogP contribution in [0.25, 0.3) is 5.69 Å². The van der Waals surface area contributed by atoms with Crippen molar-refractivity contribution in [2.75, 3.05) is 30.8 Å². The lowest BCUT2D eigenvalue weighted by Crippen LogP contribution is -2.41. The molecule has 0 saturated carbocycles. The molecular formula is C30H41N5O3. The predicted octanol–water partition coefficient (Wildman–Crippen LogP) is 6.31. The molecule has 2 aromatic carbocycles. The topological polar surface area (TPSA) is 88.5 Å². The summed E-state index contributed by atoms with van der Waals surface area (Å²) in [4.78, 5) is 28.1. The largest absolute Gasteiger partial charge is 0.497 e. The summed E-state index contributed by atoms with van der Waals surface area (Å²) in [5, 5.41) is 10.7. The third-order valence-corrected chi connectivity index (χ3v) is 6.28. The van der Waals surface area contributed by atoms with Crippen LogP contribution >= 0.6 is 0 Å². The van der Waals surface area contributed by atoms with Gasteiger partial charge in [-0.25, -0.2) is 9.48 Å². The second-order valence-electron chi connectivity index (χ2n) is 11.2. The van der Waals surface area contributed by atoms with Gasteiger partial charge in [-0.15, -0.1) is 0 Å². The van der Waals surface area contributed by atoms with Crippen molar-refractivity contribution in [2.45, 2.75) is 60.3 Å². The van der Waals surface area contributed by atoms with Crippen molar-refractivity contribution < 1.29 is 14.3 Å². The molecule has 1 heterocycles. The first-order valence-corrected chi connectivity index (χ1v) is 13.1. The van der Waals surface area contributed by atoms with E-state index in [2.05, 4.69) is 45.3 Å². The fraction of sp³-hybridized carbons (Fsp3) is 0.433. The fourth-order valence-electron chi connectivity index (χ4n) is 3.93. The quantitative estimate of drug-likeness (QED) is 0.347. The van der Waals surface area contributed by atoms with Gasteiger partial charge in [0.1, 0.15) is 18.1 Å². The van der Waals surface area contributed by atoms with Crippen LogP contribution in [0.15, 0.2) is 48.5 Å². The Morgan fingerprint density at radius 3 is 2.29 bits per heavy atom. The zero-order valence-corrected chi connectivity index (χ0v) is 23.9. The van der Waals surface area contributed by atoms with E-state index in [-0.39, 0.29) is 23.9 Å². The van der Waals surface area contributed by atoms with E-state index in [4.69, 9.17) is 9.84 Å². The Morgan fingerprint density at radius 2 is 1.71 bits per heavy atom. The summed E-state index contributed by atoms with van der Waals surface area (Å²) in [7, 11) is 1.62. The molecule has 0 saturated heterocycles. The average Bonchev–Trinajstić information content (AvgIpc) is 3.27. The Bertz CT molecular complexity index is 1260. The normalized spacial score (nSPS) is 11.4. The SMILES string of the molecule is COc1ccc(-n2nc(C(C)(C)C)cc2NC(=O)CN(CCC(C)C)C(=O)Nc2ccc(C)cc2C)cc1. The number of hydrogen-bond donors (Lipinski definition) is 2. The fourth-order valence-corrected chi connectivity index (χ4v) is 3.93. The number of nitrogens with zero attached hydrogens (tertiary/aromatic N) is 3. The second-order valence-corrected chi connectivity index (χ2v) is 11.2. The van der Waals surface area contributed by atoms with Gasteiger partial charge in [-0.1, -0.05) is 52.3 Å². The maximum Gasteiger partial charge on any atom is 0.322 e. The van der Waals surface area contributed by atoms with Crippen molar-refractivity contribution in [3.05, 3.63) is 65.4 Å². The van der Waals surface area contributed by atoms with Gasteiger partial charge in [0.25, 0.3) is 0 Å². The number of methoxy groups -OCH3 is 1. The number of ether oxygens (including phenoxy) is 1. The highest BCUT2D eigenvalue weighted by molar-refractivity contribution is 5.97. The molecule has 3 aromatic rings. The highest BCUT2D eigenvalue weighted by Gasteiger charge is 2.23. The van der Waals surface area contributed by atoms with E-state index >= 15 is 0 Å². The zero-order valence-electron chi connectivity index (χ0n) is 23.9. The zero-order chi connectivity index (χ0) is 28.0. The Hall–Kier alpha value is -3.81. The summed E-state index contributed by atoms with van der Waals surface area (Å²) in [6.45, 7) is 14.8. The highest BCUT2D eigenvalue weighted by Crippen LogP contribution is 2.27. The van der Waals surface area contributed by atoms with Crippen LogP contribution in [0.3, 0.4) is 0 Å².